The summed E-state index contributed by atoms with van der Waals surface area (Å²) in [5.74, 6) is 0.772. The third-order valence-corrected chi connectivity index (χ3v) is 4.60. The first-order valence-corrected chi connectivity index (χ1v) is 8.32. The van der Waals surface area contributed by atoms with Gasteiger partial charge in [-0.25, -0.2) is 0 Å². The molecule has 1 N–H and O–H groups in total. The Kier molecular flexibility index (Phi) is 7.38. The summed E-state index contributed by atoms with van der Waals surface area (Å²) in [4.78, 5) is 2.61. The number of nitrogens with zero attached hydrogens (tertiary/aromatic N) is 1. The van der Waals surface area contributed by atoms with Gasteiger partial charge in [-0.05, 0) is 76.5 Å². The molecule has 0 amide bonds. The molecule has 0 aliphatic heterocycles. The molecule has 0 spiro atoms. The molecule has 0 aromatic heterocycles. The summed E-state index contributed by atoms with van der Waals surface area (Å²) >= 11 is 0. The van der Waals surface area contributed by atoms with E-state index < -0.39 is 0 Å². The number of hydrogen-bond acceptors (Lipinski definition) is 2. The van der Waals surface area contributed by atoms with Gasteiger partial charge in [0, 0.05) is 6.04 Å². The Labute approximate surface area is 121 Å². The molecular weight excluding hydrogens is 232 g/mol. The fourth-order valence-corrected chi connectivity index (χ4v) is 3.01. The standard InChI is InChI=1S/C17H36N2/c1-15(2)14-18-12-6-7-13-19(5)16-8-10-17(3,4)11-9-16/h15-16,18H,6-14H2,1-5H3. The molecule has 0 heterocycles. The lowest BCUT2D eigenvalue weighted by Crippen LogP contribution is -2.37. The van der Waals surface area contributed by atoms with E-state index in [4.69, 9.17) is 0 Å². The van der Waals surface area contributed by atoms with Crippen LogP contribution in [0.15, 0.2) is 0 Å². The summed E-state index contributed by atoms with van der Waals surface area (Å²) in [5, 5.41) is 3.53. The third-order valence-electron chi connectivity index (χ3n) is 4.60. The van der Waals surface area contributed by atoms with Gasteiger partial charge in [-0.2, -0.15) is 0 Å². The zero-order chi connectivity index (χ0) is 14.3. The second-order valence-electron chi connectivity index (χ2n) is 7.68. The molecule has 1 aliphatic rings. The molecule has 0 aromatic carbocycles. The summed E-state index contributed by atoms with van der Waals surface area (Å²) in [7, 11) is 2.32. The molecular formula is C17H36N2. The molecule has 19 heavy (non-hydrogen) atoms. The molecule has 2 nitrogen and oxygen atoms in total. The van der Waals surface area contributed by atoms with Crippen LogP contribution in [0.25, 0.3) is 0 Å². The van der Waals surface area contributed by atoms with Crippen LogP contribution in [0.2, 0.25) is 0 Å². The monoisotopic (exact) mass is 268 g/mol. The molecule has 0 aromatic rings. The van der Waals surface area contributed by atoms with Crippen LogP contribution < -0.4 is 5.32 Å². The van der Waals surface area contributed by atoms with Gasteiger partial charge in [0.05, 0.1) is 0 Å². The highest BCUT2D eigenvalue weighted by atomic mass is 15.1. The van der Waals surface area contributed by atoms with Crippen molar-refractivity contribution in [2.24, 2.45) is 11.3 Å². The summed E-state index contributed by atoms with van der Waals surface area (Å²) in [6, 6.07) is 0.844. The minimum Gasteiger partial charge on any atom is -0.316 e. The smallest absolute Gasteiger partial charge is 0.00926 e. The normalized spacial score (nSPS) is 20.4. The molecule has 1 saturated carbocycles. The van der Waals surface area contributed by atoms with Crippen LogP contribution in [0.4, 0.5) is 0 Å². The number of rotatable bonds is 8. The molecule has 114 valence electrons. The SMILES string of the molecule is CC(C)CNCCCCN(C)C1CCC(C)(C)CC1. The number of hydrogen-bond donors (Lipinski definition) is 1. The first-order chi connectivity index (χ1) is 8.91. The fourth-order valence-electron chi connectivity index (χ4n) is 3.01. The fraction of sp³-hybridized carbons (Fsp3) is 1.00. The van der Waals surface area contributed by atoms with Gasteiger partial charge in [-0.3, -0.25) is 0 Å². The summed E-state index contributed by atoms with van der Waals surface area (Å²) in [6.07, 6.45) is 8.25. The maximum atomic E-state index is 3.53. The highest BCUT2D eigenvalue weighted by molar-refractivity contribution is 4.82. The van der Waals surface area contributed by atoms with Gasteiger partial charge in [-0.1, -0.05) is 27.7 Å². The third kappa shape index (κ3) is 7.31. The van der Waals surface area contributed by atoms with E-state index >= 15 is 0 Å². The number of nitrogens with one attached hydrogen (secondary N) is 1. The Bertz CT molecular complexity index is 225. The quantitative estimate of drug-likeness (QED) is 0.671. The zero-order valence-electron chi connectivity index (χ0n) is 14.0. The highest BCUT2D eigenvalue weighted by Crippen LogP contribution is 2.36. The van der Waals surface area contributed by atoms with Crippen molar-refractivity contribution in [2.75, 3.05) is 26.7 Å². The van der Waals surface area contributed by atoms with Crippen LogP contribution in [0.3, 0.4) is 0 Å². The Hall–Kier alpha value is -0.0800. The lowest BCUT2D eigenvalue weighted by atomic mass is 9.75. The molecule has 1 aliphatic carbocycles. The van der Waals surface area contributed by atoms with Crippen molar-refractivity contribution >= 4 is 0 Å². The van der Waals surface area contributed by atoms with Gasteiger partial charge in [0.2, 0.25) is 0 Å². The molecule has 2 heteroatoms. The van der Waals surface area contributed by atoms with E-state index in [0.717, 1.165) is 18.5 Å². The maximum Gasteiger partial charge on any atom is 0.00926 e. The second kappa shape index (κ2) is 8.26. The summed E-state index contributed by atoms with van der Waals surface area (Å²) in [6.45, 7) is 13.0. The zero-order valence-corrected chi connectivity index (χ0v) is 14.0. The molecule has 0 saturated heterocycles. The van der Waals surface area contributed by atoms with Gasteiger partial charge < -0.3 is 10.2 Å². The predicted octanol–water partition coefficient (Wildman–Crippen LogP) is 3.91. The van der Waals surface area contributed by atoms with E-state index in [1.54, 1.807) is 0 Å². The minimum absolute atomic E-state index is 0.595. The van der Waals surface area contributed by atoms with E-state index in [2.05, 4.69) is 45.0 Å². The topological polar surface area (TPSA) is 15.3 Å². The van der Waals surface area contributed by atoms with Gasteiger partial charge >= 0.3 is 0 Å². The van der Waals surface area contributed by atoms with Crippen molar-refractivity contribution in [2.45, 2.75) is 72.3 Å². The van der Waals surface area contributed by atoms with Crippen LogP contribution in [0.5, 0.6) is 0 Å². The average Bonchev–Trinajstić information content (AvgIpc) is 2.32. The summed E-state index contributed by atoms with van der Waals surface area (Å²) in [5.41, 5.74) is 0.595. The molecule has 0 bridgehead atoms. The van der Waals surface area contributed by atoms with E-state index in [0.29, 0.717) is 5.41 Å². The minimum atomic E-state index is 0.595. The average molecular weight is 268 g/mol. The van der Waals surface area contributed by atoms with E-state index in [9.17, 15) is 0 Å². The lowest BCUT2D eigenvalue weighted by Gasteiger charge is -2.38. The van der Waals surface area contributed by atoms with Gasteiger partial charge in [0.1, 0.15) is 0 Å². The Morgan fingerprint density at radius 1 is 1.16 bits per heavy atom. The van der Waals surface area contributed by atoms with Crippen molar-refractivity contribution in [3.8, 4) is 0 Å². The second-order valence-corrected chi connectivity index (χ2v) is 7.68. The first kappa shape index (κ1) is 17.0. The molecule has 0 radical (unpaired) electrons. The van der Waals surface area contributed by atoms with Gasteiger partial charge in [-0.15, -0.1) is 0 Å². The van der Waals surface area contributed by atoms with Crippen LogP contribution in [0.1, 0.15) is 66.2 Å². The molecule has 1 rings (SSSR count). The van der Waals surface area contributed by atoms with Crippen LogP contribution in [0, 0.1) is 11.3 Å². The van der Waals surface area contributed by atoms with Crippen molar-refractivity contribution in [3.05, 3.63) is 0 Å². The summed E-state index contributed by atoms with van der Waals surface area (Å²) < 4.78 is 0. The van der Waals surface area contributed by atoms with Crippen molar-refractivity contribution in [1.82, 2.24) is 10.2 Å². The van der Waals surface area contributed by atoms with Crippen molar-refractivity contribution in [1.29, 1.82) is 0 Å². The molecule has 0 atom stereocenters. The maximum absolute atomic E-state index is 3.53. The Balaban J connectivity index is 2.03. The van der Waals surface area contributed by atoms with Crippen molar-refractivity contribution < 1.29 is 0 Å². The lowest BCUT2D eigenvalue weighted by molar-refractivity contribution is 0.126. The van der Waals surface area contributed by atoms with E-state index in [-0.39, 0.29) is 0 Å². The van der Waals surface area contributed by atoms with Crippen LogP contribution >= 0.6 is 0 Å². The van der Waals surface area contributed by atoms with Crippen molar-refractivity contribution in [3.63, 3.8) is 0 Å². The Morgan fingerprint density at radius 3 is 2.37 bits per heavy atom. The van der Waals surface area contributed by atoms with Crippen LogP contribution in [-0.2, 0) is 0 Å². The van der Waals surface area contributed by atoms with Crippen LogP contribution in [-0.4, -0.2) is 37.6 Å². The largest absolute Gasteiger partial charge is 0.316 e. The van der Waals surface area contributed by atoms with Gasteiger partial charge in [0.15, 0.2) is 0 Å². The number of unbranched alkanes of at least 4 members (excludes halogenated alkanes) is 1. The van der Waals surface area contributed by atoms with Gasteiger partial charge in [0.25, 0.3) is 0 Å². The Morgan fingerprint density at radius 2 is 1.79 bits per heavy atom. The van der Waals surface area contributed by atoms with E-state index in [1.807, 2.05) is 0 Å². The molecule has 0 unspecified atom stereocenters. The predicted molar refractivity (Wildman–Crippen MR) is 85.6 cm³/mol. The molecule has 1 fully saturated rings. The highest BCUT2D eigenvalue weighted by Gasteiger charge is 2.28. The van der Waals surface area contributed by atoms with E-state index in [1.165, 1.54) is 51.6 Å². The first-order valence-electron chi connectivity index (χ1n) is 8.32.